The standard InChI is InChI=1S/C15H22O/c1-6-8-13-9-10-14(11-12(13)7-2)16-15(3,4)5/h7,9-11H,2,6,8H2,1,3-5H3. The zero-order valence-electron chi connectivity index (χ0n) is 10.8. The highest BCUT2D eigenvalue weighted by atomic mass is 16.5. The molecular weight excluding hydrogens is 196 g/mol. The van der Waals surface area contributed by atoms with Gasteiger partial charge in [0.05, 0.1) is 0 Å². The molecule has 0 bridgehead atoms. The maximum absolute atomic E-state index is 5.83. The van der Waals surface area contributed by atoms with Gasteiger partial charge in [-0.25, -0.2) is 0 Å². The molecule has 1 aromatic rings. The van der Waals surface area contributed by atoms with Gasteiger partial charge in [-0.15, -0.1) is 0 Å². The fraction of sp³-hybridized carbons (Fsp3) is 0.467. The zero-order valence-corrected chi connectivity index (χ0v) is 10.8. The molecule has 0 aliphatic rings. The maximum atomic E-state index is 5.83. The van der Waals surface area contributed by atoms with Gasteiger partial charge in [-0.1, -0.05) is 32.1 Å². The molecule has 0 spiro atoms. The first kappa shape index (κ1) is 12.8. The predicted molar refractivity (Wildman–Crippen MR) is 70.9 cm³/mol. The van der Waals surface area contributed by atoms with Gasteiger partial charge in [-0.2, -0.15) is 0 Å². The average molecular weight is 218 g/mol. The Hall–Kier alpha value is -1.24. The van der Waals surface area contributed by atoms with Crippen molar-refractivity contribution in [2.24, 2.45) is 0 Å². The van der Waals surface area contributed by atoms with E-state index in [1.807, 2.05) is 12.1 Å². The van der Waals surface area contributed by atoms with E-state index in [4.69, 9.17) is 4.74 Å². The smallest absolute Gasteiger partial charge is 0.120 e. The molecule has 0 saturated carbocycles. The van der Waals surface area contributed by atoms with Crippen molar-refractivity contribution in [2.75, 3.05) is 0 Å². The lowest BCUT2D eigenvalue weighted by Crippen LogP contribution is -2.22. The number of hydrogen-bond donors (Lipinski definition) is 0. The largest absolute Gasteiger partial charge is 0.488 e. The van der Waals surface area contributed by atoms with Crippen LogP contribution in [0.15, 0.2) is 24.8 Å². The molecule has 0 fully saturated rings. The Morgan fingerprint density at radius 2 is 2.00 bits per heavy atom. The highest BCUT2D eigenvalue weighted by molar-refractivity contribution is 5.54. The van der Waals surface area contributed by atoms with Crippen LogP contribution in [0, 0.1) is 0 Å². The summed E-state index contributed by atoms with van der Waals surface area (Å²) in [5.41, 5.74) is 2.38. The van der Waals surface area contributed by atoms with E-state index in [0.717, 1.165) is 18.6 Å². The monoisotopic (exact) mass is 218 g/mol. The Morgan fingerprint density at radius 3 is 2.50 bits per heavy atom. The van der Waals surface area contributed by atoms with Crippen molar-refractivity contribution < 1.29 is 4.74 Å². The summed E-state index contributed by atoms with van der Waals surface area (Å²) in [7, 11) is 0. The average Bonchev–Trinajstić information content (AvgIpc) is 2.18. The highest BCUT2D eigenvalue weighted by Gasteiger charge is 2.12. The second-order valence-electron chi connectivity index (χ2n) is 5.03. The van der Waals surface area contributed by atoms with Crippen LogP contribution in [0.1, 0.15) is 45.2 Å². The zero-order chi connectivity index (χ0) is 12.2. The fourth-order valence-electron chi connectivity index (χ4n) is 1.68. The van der Waals surface area contributed by atoms with E-state index in [-0.39, 0.29) is 5.60 Å². The molecule has 0 heterocycles. The van der Waals surface area contributed by atoms with Crippen molar-refractivity contribution in [3.05, 3.63) is 35.9 Å². The minimum absolute atomic E-state index is 0.148. The van der Waals surface area contributed by atoms with Crippen LogP contribution in [-0.2, 0) is 6.42 Å². The van der Waals surface area contributed by atoms with E-state index in [1.165, 1.54) is 11.1 Å². The molecule has 0 atom stereocenters. The number of rotatable bonds is 4. The summed E-state index contributed by atoms with van der Waals surface area (Å²) in [5.74, 6) is 0.919. The minimum atomic E-state index is -0.148. The Labute approximate surface area is 99.1 Å². The van der Waals surface area contributed by atoms with Crippen molar-refractivity contribution in [3.8, 4) is 5.75 Å². The van der Waals surface area contributed by atoms with E-state index in [0.29, 0.717) is 0 Å². The molecule has 1 heteroatoms. The van der Waals surface area contributed by atoms with Gasteiger partial charge in [0.25, 0.3) is 0 Å². The van der Waals surface area contributed by atoms with E-state index >= 15 is 0 Å². The summed E-state index contributed by atoms with van der Waals surface area (Å²) < 4.78 is 5.83. The first-order valence-electron chi connectivity index (χ1n) is 5.90. The van der Waals surface area contributed by atoms with Gasteiger partial charge < -0.3 is 4.74 Å². The van der Waals surface area contributed by atoms with Crippen LogP contribution < -0.4 is 4.74 Å². The molecule has 1 rings (SSSR count). The third-order valence-electron chi connectivity index (χ3n) is 2.28. The van der Waals surface area contributed by atoms with Gasteiger partial charge in [-0.05, 0) is 50.5 Å². The third kappa shape index (κ3) is 3.73. The molecule has 1 aromatic carbocycles. The first-order valence-corrected chi connectivity index (χ1v) is 5.90. The predicted octanol–water partition coefficient (Wildman–Crippen LogP) is 4.46. The Kier molecular flexibility index (Phi) is 4.17. The Morgan fingerprint density at radius 1 is 1.31 bits per heavy atom. The van der Waals surface area contributed by atoms with Crippen LogP contribution in [0.2, 0.25) is 0 Å². The van der Waals surface area contributed by atoms with Gasteiger partial charge in [0.2, 0.25) is 0 Å². The van der Waals surface area contributed by atoms with Gasteiger partial charge in [0, 0.05) is 0 Å². The van der Waals surface area contributed by atoms with E-state index in [1.54, 1.807) is 0 Å². The van der Waals surface area contributed by atoms with E-state index in [2.05, 4.69) is 46.4 Å². The summed E-state index contributed by atoms with van der Waals surface area (Å²) in [6.45, 7) is 12.2. The third-order valence-corrected chi connectivity index (χ3v) is 2.28. The molecule has 0 aliphatic heterocycles. The highest BCUT2D eigenvalue weighted by Crippen LogP contribution is 2.23. The van der Waals surface area contributed by atoms with Gasteiger partial charge in [0.15, 0.2) is 0 Å². The molecule has 0 radical (unpaired) electrons. The van der Waals surface area contributed by atoms with Crippen LogP contribution in [0.3, 0.4) is 0 Å². The van der Waals surface area contributed by atoms with Gasteiger partial charge in [0.1, 0.15) is 11.4 Å². The van der Waals surface area contributed by atoms with Crippen LogP contribution in [0.4, 0.5) is 0 Å². The van der Waals surface area contributed by atoms with Crippen LogP contribution in [-0.4, -0.2) is 5.60 Å². The molecule has 88 valence electrons. The molecule has 0 aromatic heterocycles. The number of hydrogen-bond acceptors (Lipinski definition) is 1. The van der Waals surface area contributed by atoms with E-state index in [9.17, 15) is 0 Å². The van der Waals surface area contributed by atoms with Crippen LogP contribution >= 0.6 is 0 Å². The Balaban J connectivity index is 2.95. The van der Waals surface area contributed by atoms with Crippen molar-refractivity contribution in [3.63, 3.8) is 0 Å². The number of aryl methyl sites for hydroxylation is 1. The Bertz CT molecular complexity index is 358. The van der Waals surface area contributed by atoms with Crippen LogP contribution in [0.25, 0.3) is 6.08 Å². The second kappa shape index (κ2) is 5.20. The molecule has 0 N–H and O–H groups in total. The quantitative estimate of drug-likeness (QED) is 0.725. The lowest BCUT2D eigenvalue weighted by atomic mass is 10.0. The maximum Gasteiger partial charge on any atom is 0.120 e. The topological polar surface area (TPSA) is 9.23 Å². The molecule has 16 heavy (non-hydrogen) atoms. The normalized spacial score (nSPS) is 11.2. The van der Waals surface area contributed by atoms with Gasteiger partial charge in [-0.3, -0.25) is 0 Å². The van der Waals surface area contributed by atoms with Crippen molar-refractivity contribution in [2.45, 2.75) is 46.1 Å². The second-order valence-corrected chi connectivity index (χ2v) is 5.03. The SMILES string of the molecule is C=Cc1cc(OC(C)(C)C)ccc1CCC. The summed E-state index contributed by atoms with van der Waals surface area (Å²) >= 11 is 0. The molecule has 0 aliphatic carbocycles. The molecule has 0 unspecified atom stereocenters. The summed E-state index contributed by atoms with van der Waals surface area (Å²) in [4.78, 5) is 0. The summed E-state index contributed by atoms with van der Waals surface area (Å²) in [5, 5.41) is 0. The fourth-order valence-corrected chi connectivity index (χ4v) is 1.68. The first-order chi connectivity index (χ1) is 7.46. The summed E-state index contributed by atoms with van der Waals surface area (Å²) in [6, 6.07) is 6.26. The van der Waals surface area contributed by atoms with Crippen LogP contribution in [0.5, 0.6) is 5.75 Å². The van der Waals surface area contributed by atoms with Crippen molar-refractivity contribution in [1.82, 2.24) is 0 Å². The minimum Gasteiger partial charge on any atom is -0.488 e. The number of benzene rings is 1. The van der Waals surface area contributed by atoms with E-state index < -0.39 is 0 Å². The lowest BCUT2D eigenvalue weighted by molar-refractivity contribution is 0.131. The van der Waals surface area contributed by atoms with Gasteiger partial charge >= 0.3 is 0 Å². The molecule has 0 saturated heterocycles. The molecular formula is C15H22O. The molecule has 1 nitrogen and oxygen atoms in total. The lowest BCUT2D eigenvalue weighted by Gasteiger charge is -2.22. The molecule has 0 amide bonds. The van der Waals surface area contributed by atoms with Crippen molar-refractivity contribution >= 4 is 6.08 Å². The van der Waals surface area contributed by atoms with Crippen molar-refractivity contribution in [1.29, 1.82) is 0 Å². The summed E-state index contributed by atoms with van der Waals surface area (Å²) in [6.07, 6.45) is 4.15. The number of ether oxygens (including phenoxy) is 1.